The van der Waals surface area contributed by atoms with Crippen molar-refractivity contribution in [2.75, 3.05) is 16.5 Å². The molecule has 0 bridgehead atoms. The maximum atomic E-state index is 13.5. The lowest BCUT2D eigenvalue weighted by Gasteiger charge is -2.05. The van der Waals surface area contributed by atoms with E-state index in [2.05, 4.69) is 36.0 Å². The molecule has 2 aromatic heterocycles. The zero-order valence-electron chi connectivity index (χ0n) is 14.6. The van der Waals surface area contributed by atoms with E-state index < -0.39 is 17.5 Å². The van der Waals surface area contributed by atoms with Gasteiger partial charge in [0, 0.05) is 12.3 Å². The van der Waals surface area contributed by atoms with Gasteiger partial charge in [-0.05, 0) is 31.2 Å². The first kappa shape index (κ1) is 19.4. The molecule has 0 saturated heterocycles. The average Bonchev–Trinajstić information content (AvgIpc) is 3.15. The first-order valence-electron chi connectivity index (χ1n) is 8.03. The number of hydrazone groups is 1. The smallest absolute Gasteiger partial charge is 0.240 e. The summed E-state index contributed by atoms with van der Waals surface area (Å²) in [6, 6.07) is 8.41. The molecule has 3 aromatic rings. The molecule has 0 fully saturated rings. The van der Waals surface area contributed by atoms with Crippen LogP contribution in [0.4, 0.5) is 20.4 Å². The largest absolute Gasteiger partial charge is 0.323 e. The number of H-pyrrole nitrogens is 1. The molecule has 144 valence electrons. The highest BCUT2D eigenvalue weighted by Crippen LogP contribution is 2.17. The molecule has 1 aromatic carbocycles. The molecular weight excluding hydrogens is 388 g/mol. The molecule has 2 heterocycles. The molecule has 0 spiro atoms. The first-order chi connectivity index (χ1) is 13.5. The lowest BCUT2D eigenvalue weighted by Crippen LogP contribution is -2.15. The van der Waals surface area contributed by atoms with Gasteiger partial charge in [0.25, 0.3) is 0 Å². The molecule has 3 N–H and O–H groups in total. The maximum absolute atomic E-state index is 13.5. The van der Waals surface area contributed by atoms with E-state index in [0.29, 0.717) is 28.6 Å². The van der Waals surface area contributed by atoms with Crippen LogP contribution in [-0.2, 0) is 4.79 Å². The highest BCUT2D eigenvalue weighted by molar-refractivity contribution is 7.99. The van der Waals surface area contributed by atoms with Gasteiger partial charge in [0.1, 0.15) is 11.6 Å². The third-order valence-corrected chi connectivity index (χ3v) is 4.21. The molecule has 0 atom stereocenters. The minimum absolute atomic E-state index is 0.0512. The Balaban J connectivity index is 1.51. The van der Waals surface area contributed by atoms with E-state index in [1.54, 1.807) is 13.1 Å². The lowest BCUT2D eigenvalue weighted by molar-refractivity contribution is -0.113. The molecular formula is C17H15F2N7OS. The minimum Gasteiger partial charge on any atom is -0.323 e. The molecule has 28 heavy (non-hydrogen) atoms. The van der Waals surface area contributed by atoms with Gasteiger partial charge in [0.15, 0.2) is 0 Å². The second-order valence-electron chi connectivity index (χ2n) is 5.45. The number of aromatic amines is 1. The lowest BCUT2D eigenvalue weighted by atomic mass is 10.3. The van der Waals surface area contributed by atoms with Gasteiger partial charge in [-0.2, -0.15) is 10.1 Å². The van der Waals surface area contributed by atoms with Crippen molar-refractivity contribution in [1.82, 2.24) is 20.2 Å². The number of thioether (sulfide) groups is 1. The topological polar surface area (TPSA) is 108 Å². The highest BCUT2D eigenvalue weighted by Gasteiger charge is 2.11. The number of halogens is 2. The number of carbonyl (C=O) groups is 1. The predicted octanol–water partition coefficient (Wildman–Crippen LogP) is 3.04. The summed E-state index contributed by atoms with van der Waals surface area (Å²) in [6.07, 6.45) is 1.67. The number of pyridine rings is 1. The average molecular weight is 403 g/mol. The monoisotopic (exact) mass is 403 g/mol. The number of benzene rings is 1. The summed E-state index contributed by atoms with van der Waals surface area (Å²) in [5, 5.41) is 13.4. The van der Waals surface area contributed by atoms with Crippen LogP contribution in [0, 0.1) is 11.6 Å². The van der Waals surface area contributed by atoms with Crippen molar-refractivity contribution in [2.24, 2.45) is 5.10 Å². The predicted molar refractivity (Wildman–Crippen MR) is 102 cm³/mol. The summed E-state index contributed by atoms with van der Waals surface area (Å²) in [6.45, 7) is 1.79. The van der Waals surface area contributed by atoms with E-state index in [4.69, 9.17) is 0 Å². The van der Waals surface area contributed by atoms with Crippen LogP contribution in [0.3, 0.4) is 0 Å². The Morgan fingerprint density at radius 1 is 1.29 bits per heavy atom. The highest BCUT2D eigenvalue weighted by atomic mass is 32.2. The molecule has 8 nitrogen and oxygen atoms in total. The third kappa shape index (κ3) is 5.33. The third-order valence-electron chi connectivity index (χ3n) is 3.37. The zero-order valence-corrected chi connectivity index (χ0v) is 15.4. The molecule has 0 aliphatic carbocycles. The number of hydrogen-bond donors (Lipinski definition) is 3. The van der Waals surface area contributed by atoms with Gasteiger partial charge in [0.05, 0.1) is 22.8 Å². The van der Waals surface area contributed by atoms with Crippen LogP contribution in [0.15, 0.2) is 52.9 Å². The Kier molecular flexibility index (Phi) is 6.27. The van der Waals surface area contributed by atoms with Crippen LogP contribution in [0.5, 0.6) is 0 Å². The normalized spacial score (nSPS) is 11.3. The standard InChI is InChI=1S/C17H15F2N7OS/c1-10(13-4-2-3-7-20-13)23-24-16-22-17(26-25-16)28-9-15(27)21-14-6-5-11(18)8-12(14)19/h2-8H,9H2,1H3,(H,21,27)(H2,22,24,25,26)/b23-10+. The van der Waals surface area contributed by atoms with Crippen molar-refractivity contribution in [3.8, 4) is 0 Å². The molecule has 1 amide bonds. The van der Waals surface area contributed by atoms with Crippen LogP contribution in [0.2, 0.25) is 0 Å². The van der Waals surface area contributed by atoms with Gasteiger partial charge >= 0.3 is 0 Å². The number of amides is 1. The Morgan fingerprint density at radius 3 is 2.89 bits per heavy atom. The van der Waals surface area contributed by atoms with E-state index in [1.807, 2.05) is 18.2 Å². The molecule has 0 aliphatic rings. The number of nitrogens with zero attached hydrogens (tertiary/aromatic N) is 4. The van der Waals surface area contributed by atoms with E-state index in [1.165, 1.54) is 0 Å². The summed E-state index contributed by atoms with van der Waals surface area (Å²) in [5.41, 5.74) is 4.01. The summed E-state index contributed by atoms with van der Waals surface area (Å²) in [4.78, 5) is 20.2. The second kappa shape index (κ2) is 9.04. The van der Waals surface area contributed by atoms with E-state index in [-0.39, 0.29) is 11.4 Å². The van der Waals surface area contributed by atoms with Gasteiger partial charge in [-0.15, -0.1) is 5.10 Å². The van der Waals surface area contributed by atoms with Crippen molar-refractivity contribution in [2.45, 2.75) is 12.1 Å². The van der Waals surface area contributed by atoms with Gasteiger partial charge in [-0.1, -0.05) is 17.8 Å². The van der Waals surface area contributed by atoms with Crippen molar-refractivity contribution in [1.29, 1.82) is 0 Å². The zero-order chi connectivity index (χ0) is 19.9. The Morgan fingerprint density at radius 2 is 2.14 bits per heavy atom. The Labute approximate surface area is 162 Å². The van der Waals surface area contributed by atoms with Crippen LogP contribution in [0.1, 0.15) is 12.6 Å². The van der Waals surface area contributed by atoms with Crippen molar-refractivity contribution in [3.05, 3.63) is 59.9 Å². The van der Waals surface area contributed by atoms with Gasteiger partial charge in [0.2, 0.25) is 17.0 Å². The van der Waals surface area contributed by atoms with Crippen LogP contribution in [-0.4, -0.2) is 37.5 Å². The number of hydrogen-bond acceptors (Lipinski definition) is 7. The van der Waals surface area contributed by atoms with Gasteiger partial charge in [-0.25, -0.2) is 19.3 Å². The maximum Gasteiger partial charge on any atom is 0.240 e. The van der Waals surface area contributed by atoms with Gasteiger partial charge < -0.3 is 5.32 Å². The fourth-order valence-electron chi connectivity index (χ4n) is 2.04. The van der Waals surface area contributed by atoms with E-state index >= 15 is 0 Å². The fourth-order valence-corrected chi connectivity index (χ4v) is 2.64. The van der Waals surface area contributed by atoms with Crippen molar-refractivity contribution in [3.63, 3.8) is 0 Å². The summed E-state index contributed by atoms with van der Waals surface area (Å²) in [5.74, 6) is -1.79. The Bertz CT molecular complexity index is 994. The molecule has 0 saturated carbocycles. The molecule has 11 heteroatoms. The molecule has 0 radical (unpaired) electrons. The quantitative estimate of drug-likeness (QED) is 0.318. The molecule has 0 aliphatic heterocycles. The van der Waals surface area contributed by atoms with E-state index in [9.17, 15) is 13.6 Å². The van der Waals surface area contributed by atoms with Crippen LogP contribution in [0.25, 0.3) is 0 Å². The number of anilines is 2. The van der Waals surface area contributed by atoms with E-state index in [0.717, 1.165) is 23.9 Å². The summed E-state index contributed by atoms with van der Waals surface area (Å²) >= 11 is 1.05. The van der Waals surface area contributed by atoms with Crippen LogP contribution < -0.4 is 10.7 Å². The van der Waals surface area contributed by atoms with Crippen molar-refractivity contribution < 1.29 is 13.6 Å². The summed E-state index contributed by atoms with van der Waals surface area (Å²) < 4.78 is 26.4. The van der Waals surface area contributed by atoms with Crippen LogP contribution >= 0.6 is 11.8 Å². The number of nitrogens with one attached hydrogen (secondary N) is 3. The first-order valence-corrected chi connectivity index (χ1v) is 9.01. The Hall–Kier alpha value is -3.34. The summed E-state index contributed by atoms with van der Waals surface area (Å²) in [7, 11) is 0. The van der Waals surface area contributed by atoms with Gasteiger partial charge in [-0.3, -0.25) is 9.78 Å². The molecule has 0 unspecified atom stereocenters. The number of rotatable bonds is 7. The SMILES string of the molecule is C/C(=N\Nc1nc(SCC(=O)Nc2ccc(F)cc2F)n[nH]1)c1ccccn1. The number of carbonyl (C=O) groups excluding carboxylic acids is 1. The minimum atomic E-state index is -0.844. The second-order valence-corrected chi connectivity index (χ2v) is 6.39. The fraction of sp³-hybridized carbons (Fsp3) is 0.118. The van der Waals surface area contributed by atoms with Crippen molar-refractivity contribution >= 4 is 35.0 Å². The number of aromatic nitrogens is 4. The molecule has 3 rings (SSSR count).